The Morgan fingerprint density at radius 3 is 2.23 bits per heavy atom. The summed E-state index contributed by atoms with van der Waals surface area (Å²) in [6.45, 7) is 5.71. The molecule has 0 radical (unpaired) electrons. The minimum atomic E-state index is -0.644. The van der Waals surface area contributed by atoms with E-state index < -0.39 is 17.6 Å². The molecule has 5 heteroatoms. The van der Waals surface area contributed by atoms with Crippen molar-refractivity contribution in [2.75, 3.05) is 6.54 Å². The van der Waals surface area contributed by atoms with Crippen LogP contribution in [0.1, 0.15) is 43.7 Å². The number of carbonyl (C=O) groups excluding carboxylic acids is 2. The van der Waals surface area contributed by atoms with Crippen LogP contribution in [0.4, 0.5) is 4.79 Å². The Hall–Kier alpha value is -2.14. The number of hydrogen-bond donors (Lipinski definition) is 0. The lowest BCUT2D eigenvalue weighted by atomic mass is 9.84. The Labute approximate surface area is 162 Å². The molecule has 0 saturated carbocycles. The molecule has 26 heavy (non-hydrogen) atoms. The Bertz CT molecular complexity index is 796. The van der Waals surface area contributed by atoms with E-state index in [1.807, 2.05) is 54.6 Å². The van der Waals surface area contributed by atoms with Gasteiger partial charge in [0.25, 0.3) is 0 Å². The van der Waals surface area contributed by atoms with Crippen molar-refractivity contribution in [3.63, 3.8) is 0 Å². The predicted octanol–water partition coefficient (Wildman–Crippen LogP) is 5.09. The number of imide groups is 1. The summed E-state index contributed by atoms with van der Waals surface area (Å²) in [5, 5.41) is 0. The van der Waals surface area contributed by atoms with E-state index in [1.165, 1.54) is 4.90 Å². The van der Waals surface area contributed by atoms with Crippen molar-refractivity contribution in [3.8, 4) is 0 Å². The zero-order chi connectivity index (χ0) is 18.9. The highest BCUT2D eigenvalue weighted by molar-refractivity contribution is 9.10. The van der Waals surface area contributed by atoms with E-state index in [9.17, 15) is 9.59 Å². The number of hydrogen-bond acceptors (Lipinski definition) is 3. The first-order valence-electron chi connectivity index (χ1n) is 8.61. The molecule has 2 atom stereocenters. The van der Waals surface area contributed by atoms with E-state index in [-0.39, 0.29) is 11.8 Å². The van der Waals surface area contributed by atoms with Gasteiger partial charge >= 0.3 is 6.09 Å². The van der Waals surface area contributed by atoms with Gasteiger partial charge in [0.05, 0.1) is 5.92 Å². The molecule has 0 aromatic heterocycles. The van der Waals surface area contributed by atoms with E-state index >= 15 is 0 Å². The summed E-state index contributed by atoms with van der Waals surface area (Å²) in [5.74, 6) is -0.717. The van der Waals surface area contributed by atoms with Gasteiger partial charge in [-0.25, -0.2) is 9.69 Å². The third-order valence-electron chi connectivity index (χ3n) is 4.38. The van der Waals surface area contributed by atoms with Crippen molar-refractivity contribution >= 4 is 27.9 Å². The number of likely N-dealkylation sites (tertiary alicyclic amines) is 1. The number of ether oxygens (including phenoxy) is 1. The molecule has 0 spiro atoms. The van der Waals surface area contributed by atoms with Crippen molar-refractivity contribution in [1.82, 2.24) is 4.90 Å². The maximum atomic E-state index is 13.1. The van der Waals surface area contributed by atoms with Gasteiger partial charge in [0, 0.05) is 16.9 Å². The summed E-state index contributed by atoms with van der Waals surface area (Å²) in [6, 6.07) is 17.6. The number of amides is 2. The topological polar surface area (TPSA) is 46.6 Å². The Morgan fingerprint density at radius 2 is 1.65 bits per heavy atom. The molecule has 2 amide bonds. The van der Waals surface area contributed by atoms with Crippen molar-refractivity contribution in [2.24, 2.45) is 0 Å². The molecule has 136 valence electrons. The van der Waals surface area contributed by atoms with Gasteiger partial charge < -0.3 is 4.74 Å². The number of benzene rings is 2. The number of rotatable bonds is 2. The van der Waals surface area contributed by atoms with Gasteiger partial charge in [-0.2, -0.15) is 0 Å². The van der Waals surface area contributed by atoms with Gasteiger partial charge in [-0.05, 0) is 44.0 Å². The van der Waals surface area contributed by atoms with Crippen molar-refractivity contribution in [1.29, 1.82) is 0 Å². The van der Waals surface area contributed by atoms with Crippen LogP contribution in [0, 0.1) is 0 Å². The van der Waals surface area contributed by atoms with Gasteiger partial charge in [0.2, 0.25) is 5.91 Å². The molecule has 2 aromatic carbocycles. The first-order valence-corrected chi connectivity index (χ1v) is 9.40. The minimum Gasteiger partial charge on any atom is -0.443 e. The van der Waals surface area contributed by atoms with Crippen LogP contribution in [0.5, 0.6) is 0 Å². The molecule has 1 aliphatic rings. The second kappa shape index (κ2) is 7.23. The lowest BCUT2D eigenvalue weighted by molar-refractivity contribution is -0.128. The van der Waals surface area contributed by atoms with Crippen LogP contribution < -0.4 is 0 Å². The third-order valence-corrected chi connectivity index (χ3v) is 4.91. The zero-order valence-electron chi connectivity index (χ0n) is 15.1. The fourth-order valence-electron chi connectivity index (χ4n) is 3.26. The first kappa shape index (κ1) is 18.6. The quantitative estimate of drug-likeness (QED) is 0.685. The molecule has 1 heterocycles. The fourth-order valence-corrected chi connectivity index (χ4v) is 3.52. The van der Waals surface area contributed by atoms with Crippen LogP contribution in [-0.2, 0) is 9.53 Å². The molecule has 1 saturated heterocycles. The molecule has 0 unspecified atom stereocenters. The van der Waals surface area contributed by atoms with Gasteiger partial charge in [0.1, 0.15) is 5.60 Å². The summed E-state index contributed by atoms with van der Waals surface area (Å²) in [4.78, 5) is 26.9. The molecule has 0 aliphatic carbocycles. The minimum absolute atomic E-state index is 0.0996. The summed E-state index contributed by atoms with van der Waals surface area (Å²) < 4.78 is 6.39. The summed E-state index contributed by atoms with van der Waals surface area (Å²) in [5.41, 5.74) is 1.30. The average molecular weight is 416 g/mol. The maximum absolute atomic E-state index is 13.1. The summed E-state index contributed by atoms with van der Waals surface area (Å²) >= 11 is 3.43. The van der Waals surface area contributed by atoms with Crippen LogP contribution in [-0.4, -0.2) is 29.0 Å². The van der Waals surface area contributed by atoms with E-state index in [2.05, 4.69) is 15.9 Å². The highest BCUT2D eigenvalue weighted by Gasteiger charge is 2.45. The standard InChI is InChI=1S/C21H22BrNO3/c1-21(2,3)26-20(25)23-13-17(14-7-5-4-6-8-14)18(19(23)24)15-9-11-16(22)12-10-15/h4-12,17-18H,13H2,1-3H3/t17-,18-/m0/s1. The molecular formula is C21H22BrNO3. The van der Waals surface area contributed by atoms with Crippen LogP contribution in [0.3, 0.4) is 0 Å². The van der Waals surface area contributed by atoms with Crippen molar-refractivity contribution in [3.05, 3.63) is 70.2 Å². The van der Waals surface area contributed by atoms with Gasteiger partial charge in [0.15, 0.2) is 0 Å². The Kier molecular flexibility index (Phi) is 5.19. The molecule has 1 aliphatic heterocycles. The molecule has 2 aromatic rings. The molecule has 0 bridgehead atoms. The number of halogens is 1. The molecule has 4 nitrogen and oxygen atoms in total. The van der Waals surface area contributed by atoms with Gasteiger partial charge in [-0.1, -0.05) is 58.4 Å². The highest BCUT2D eigenvalue weighted by atomic mass is 79.9. The molecule has 3 rings (SSSR count). The van der Waals surface area contributed by atoms with E-state index in [0.29, 0.717) is 6.54 Å². The van der Waals surface area contributed by atoms with Crippen molar-refractivity contribution < 1.29 is 14.3 Å². The van der Waals surface area contributed by atoms with E-state index in [4.69, 9.17) is 4.74 Å². The predicted molar refractivity (Wildman–Crippen MR) is 104 cm³/mol. The second-order valence-electron chi connectivity index (χ2n) is 7.48. The maximum Gasteiger partial charge on any atom is 0.417 e. The Balaban J connectivity index is 1.97. The van der Waals surface area contributed by atoms with Crippen LogP contribution in [0.2, 0.25) is 0 Å². The fraction of sp³-hybridized carbons (Fsp3) is 0.333. The summed E-state index contributed by atoms with van der Waals surface area (Å²) in [7, 11) is 0. The zero-order valence-corrected chi connectivity index (χ0v) is 16.7. The largest absolute Gasteiger partial charge is 0.443 e. The number of carbonyl (C=O) groups is 2. The SMILES string of the molecule is CC(C)(C)OC(=O)N1C[C@@H](c2ccccc2)[C@H](c2ccc(Br)cc2)C1=O. The van der Waals surface area contributed by atoms with Gasteiger partial charge in [-0.3, -0.25) is 4.79 Å². The van der Waals surface area contributed by atoms with Crippen LogP contribution in [0.25, 0.3) is 0 Å². The molecule has 1 fully saturated rings. The lowest BCUT2D eigenvalue weighted by Gasteiger charge is -2.23. The highest BCUT2D eigenvalue weighted by Crippen LogP contribution is 2.41. The smallest absolute Gasteiger partial charge is 0.417 e. The Morgan fingerprint density at radius 1 is 1.04 bits per heavy atom. The summed E-state index contributed by atoms with van der Waals surface area (Å²) in [6.07, 6.45) is -0.581. The van der Waals surface area contributed by atoms with E-state index in [1.54, 1.807) is 20.8 Å². The average Bonchev–Trinajstić information content (AvgIpc) is 2.92. The third kappa shape index (κ3) is 3.98. The second-order valence-corrected chi connectivity index (χ2v) is 8.39. The molecular weight excluding hydrogens is 394 g/mol. The van der Waals surface area contributed by atoms with Crippen molar-refractivity contribution in [2.45, 2.75) is 38.2 Å². The normalized spacial score (nSPS) is 20.3. The van der Waals surface area contributed by atoms with Crippen LogP contribution >= 0.6 is 15.9 Å². The van der Waals surface area contributed by atoms with Crippen LogP contribution in [0.15, 0.2) is 59.1 Å². The first-order chi connectivity index (χ1) is 12.3. The number of nitrogens with zero attached hydrogens (tertiary/aromatic N) is 1. The molecule has 0 N–H and O–H groups in total. The van der Waals surface area contributed by atoms with Gasteiger partial charge in [-0.15, -0.1) is 0 Å². The monoisotopic (exact) mass is 415 g/mol. The van der Waals surface area contributed by atoms with E-state index in [0.717, 1.165) is 15.6 Å². The lowest BCUT2D eigenvalue weighted by Crippen LogP contribution is -2.38.